The molecule has 0 aromatic rings. The third-order valence-corrected chi connectivity index (χ3v) is 1.69. The maximum atomic E-state index is 10.6. The average molecular weight is 143 g/mol. The van der Waals surface area contributed by atoms with Crippen molar-refractivity contribution in [3.05, 3.63) is 0 Å². The normalized spacial score (nSPS) is 31.0. The maximum Gasteiger partial charge on any atom is 0.330 e. The van der Waals surface area contributed by atoms with Crippen molar-refractivity contribution in [3.8, 4) is 0 Å². The summed E-state index contributed by atoms with van der Waals surface area (Å²) in [6.45, 7) is 6.00. The van der Waals surface area contributed by atoms with Crippen LogP contribution in [0.2, 0.25) is 0 Å². The van der Waals surface area contributed by atoms with Gasteiger partial charge in [-0.05, 0) is 20.8 Å². The summed E-state index contributed by atoms with van der Waals surface area (Å²) in [5.74, 6) is 0. The summed E-state index contributed by atoms with van der Waals surface area (Å²) in [6, 6.07) is 0.00343. The number of primary amides is 1. The van der Waals surface area contributed by atoms with E-state index in [9.17, 15) is 4.79 Å². The Hall–Kier alpha value is -0.770. The number of rotatable bonds is 1. The van der Waals surface area contributed by atoms with Crippen LogP contribution in [0, 0.1) is 0 Å². The average Bonchev–Trinajstić information content (AvgIpc) is 2.40. The second-order valence-electron chi connectivity index (χ2n) is 2.79. The van der Waals surface area contributed by atoms with Gasteiger partial charge in [0.2, 0.25) is 0 Å². The van der Waals surface area contributed by atoms with Crippen molar-refractivity contribution in [2.24, 2.45) is 5.73 Å². The number of carbonyl (C=O) groups is 1. The van der Waals surface area contributed by atoms with Crippen molar-refractivity contribution in [2.45, 2.75) is 33.0 Å². The molecular formula is C6H13N3O. The van der Waals surface area contributed by atoms with Gasteiger partial charge in [-0.25, -0.2) is 9.80 Å². The van der Waals surface area contributed by atoms with Crippen molar-refractivity contribution < 1.29 is 4.79 Å². The summed E-state index contributed by atoms with van der Waals surface area (Å²) >= 11 is 0. The van der Waals surface area contributed by atoms with Crippen molar-refractivity contribution in [1.82, 2.24) is 10.0 Å². The number of hydrogen-bond acceptors (Lipinski definition) is 2. The molecule has 1 aliphatic heterocycles. The molecule has 58 valence electrons. The highest BCUT2D eigenvalue weighted by molar-refractivity contribution is 5.73. The monoisotopic (exact) mass is 143 g/mol. The Morgan fingerprint density at radius 3 is 2.20 bits per heavy atom. The molecule has 0 radical (unpaired) electrons. The largest absolute Gasteiger partial charge is 0.350 e. The number of hydrogen-bond donors (Lipinski definition) is 1. The van der Waals surface area contributed by atoms with E-state index in [-0.39, 0.29) is 12.2 Å². The van der Waals surface area contributed by atoms with E-state index in [1.54, 1.807) is 5.01 Å². The van der Waals surface area contributed by atoms with Gasteiger partial charge < -0.3 is 5.73 Å². The number of hydrazine groups is 1. The molecule has 4 nitrogen and oxygen atoms in total. The predicted octanol–water partition coefficient (Wildman–Crippen LogP) is 0.352. The fourth-order valence-electron chi connectivity index (χ4n) is 1.26. The number of amides is 2. The summed E-state index contributed by atoms with van der Waals surface area (Å²) in [5.41, 5.74) is 5.06. The topological polar surface area (TPSA) is 49.1 Å². The molecule has 1 fully saturated rings. The third kappa shape index (κ3) is 0.945. The lowest BCUT2D eigenvalue weighted by molar-refractivity contribution is 0.210. The zero-order valence-corrected chi connectivity index (χ0v) is 6.53. The first-order chi connectivity index (χ1) is 4.55. The molecule has 0 aliphatic carbocycles. The van der Waals surface area contributed by atoms with E-state index < -0.39 is 0 Å². The quantitative estimate of drug-likeness (QED) is 0.538. The smallest absolute Gasteiger partial charge is 0.330 e. The minimum absolute atomic E-state index is 0.192. The lowest BCUT2D eigenvalue weighted by atomic mass is 10.4. The van der Waals surface area contributed by atoms with Crippen LogP contribution in [0.5, 0.6) is 0 Å². The first-order valence-corrected chi connectivity index (χ1v) is 3.42. The van der Waals surface area contributed by atoms with Gasteiger partial charge in [0.1, 0.15) is 6.17 Å². The molecule has 2 atom stereocenters. The molecular weight excluding hydrogens is 130 g/mol. The van der Waals surface area contributed by atoms with Crippen LogP contribution < -0.4 is 5.73 Å². The van der Waals surface area contributed by atoms with Gasteiger partial charge in [-0.3, -0.25) is 0 Å². The van der Waals surface area contributed by atoms with Crippen molar-refractivity contribution in [1.29, 1.82) is 0 Å². The lowest BCUT2D eigenvalue weighted by Gasteiger charge is -2.04. The number of nitrogens with zero attached hydrogens (tertiary/aromatic N) is 2. The Labute approximate surface area is 60.5 Å². The zero-order chi connectivity index (χ0) is 7.89. The van der Waals surface area contributed by atoms with Crippen LogP contribution in [0.4, 0.5) is 4.79 Å². The van der Waals surface area contributed by atoms with E-state index in [1.165, 1.54) is 0 Å². The molecule has 2 N–H and O–H groups in total. The Morgan fingerprint density at radius 2 is 2.10 bits per heavy atom. The predicted molar refractivity (Wildman–Crippen MR) is 37.9 cm³/mol. The van der Waals surface area contributed by atoms with Gasteiger partial charge in [0.15, 0.2) is 0 Å². The van der Waals surface area contributed by atoms with Gasteiger partial charge in [-0.15, -0.1) is 0 Å². The summed E-state index contributed by atoms with van der Waals surface area (Å²) in [7, 11) is 0. The van der Waals surface area contributed by atoms with Crippen LogP contribution in [0.3, 0.4) is 0 Å². The van der Waals surface area contributed by atoms with Crippen molar-refractivity contribution in [2.75, 3.05) is 0 Å². The summed E-state index contributed by atoms with van der Waals surface area (Å²) < 4.78 is 0. The second kappa shape index (κ2) is 2.12. The van der Waals surface area contributed by atoms with Crippen molar-refractivity contribution in [3.63, 3.8) is 0 Å². The van der Waals surface area contributed by atoms with E-state index >= 15 is 0 Å². The Balaban J connectivity index is 2.49. The van der Waals surface area contributed by atoms with Crippen LogP contribution in [0.25, 0.3) is 0 Å². The Morgan fingerprint density at radius 1 is 1.60 bits per heavy atom. The molecule has 0 bridgehead atoms. The molecule has 2 amide bonds. The fourth-order valence-corrected chi connectivity index (χ4v) is 1.26. The molecule has 0 aromatic carbocycles. The van der Waals surface area contributed by atoms with Crippen LogP contribution in [0.15, 0.2) is 0 Å². The van der Waals surface area contributed by atoms with E-state index in [4.69, 9.17) is 5.73 Å². The standard InChI is InChI=1S/C6H13N3O/c1-4(2)8-5(3)9(8)6(7)10/h4-5H,1-3H3,(H2,7,10). The van der Waals surface area contributed by atoms with Crippen LogP contribution >= 0.6 is 0 Å². The minimum Gasteiger partial charge on any atom is -0.350 e. The fraction of sp³-hybridized carbons (Fsp3) is 0.833. The highest BCUT2D eigenvalue weighted by Gasteiger charge is 2.45. The molecule has 2 unspecified atom stereocenters. The minimum atomic E-state index is -0.360. The van der Waals surface area contributed by atoms with Crippen LogP contribution in [0.1, 0.15) is 20.8 Å². The Bertz CT molecular complexity index is 157. The van der Waals surface area contributed by atoms with Gasteiger partial charge in [0.05, 0.1) is 0 Å². The van der Waals surface area contributed by atoms with Gasteiger partial charge >= 0.3 is 6.03 Å². The number of carbonyl (C=O) groups excluding carboxylic acids is 1. The van der Waals surface area contributed by atoms with E-state index in [0.29, 0.717) is 6.04 Å². The van der Waals surface area contributed by atoms with Gasteiger partial charge in [-0.2, -0.15) is 5.01 Å². The molecule has 0 aromatic heterocycles. The lowest BCUT2D eigenvalue weighted by Crippen LogP contribution is -2.25. The van der Waals surface area contributed by atoms with E-state index in [2.05, 4.69) is 0 Å². The zero-order valence-electron chi connectivity index (χ0n) is 6.53. The maximum absolute atomic E-state index is 10.6. The summed E-state index contributed by atoms with van der Waals surface area (Å²) in [6.07, 6.45) is 0.192. The number of nitrogens with two attached hydrogens (primary N) is 1. The van der Waals surface area contributed by atoms with Gasteiger partial charge in [-0.1, -0.05) is 0 Å². The summed E-state index contributed by atoms with van der Waals surface area (Å²) in [4.78, 5) is 10.6. The van der Waals surface area contributed by atoms with Crippen molar-refractivity contribution >= 4 is 6.03 Å². The SMILES string of the molecule is CC(C)N1C(C)N1C(N)=O. The van der Waals surface area contributed by atoms with E-state index in [1.807, 2.05) is 25.8 Å². The highest BCUT2D eigenvalue weighted by atomic mass is 16.2. The second-order valence-corrected chi connectivity index (χ2v) is 2.79. The summed E-state index contributed by atoms with van der Waals surface area (Å²) in [5, 5.41) is 3.48. The van der Waals surface area contributed by atoms with Gasteiger partial charge in [0, 0.05) is 6.04 Å². The van der Waals surface area contributed by atoms with Gasteiger partial charge in [0.25, 0.3) is 0 Å². The highest BCUT2D eigenvalue weighted by Crippen LogP contribution is 2.27. The van der Waals surface area contributed by atoms with Crippen LogP contribution in [-0.2, 0) is 0 Å². The third-order valence-electron chi connectivity index (χ3n) is 1.69. The molecule has 4 heteroatoms. The van der Waals surface area contributed by atoms with Crippen LogP contribution in [-0.4, -0.2) is 28.3 Å². The molecule has 1 aliphatic rings. The molecule has 1 saturated heterocycles. The molecule has 10 heavy (non-hydrogen) atoms. The molecule has 1 heterocycles. The molecule has 0 saturated carbocycles. The Kier molecular flexibility index (Phi) is 1.56. The van der Waals surface area contributed by atoms with E-state index in [0.717, 1.165) is 0 Å². The molecule has 1 rings (SSSR count). The first kappa shape index (κ1) is 7.34. The first-order valence-electron chi connectivity index (χ1n) is 3.42. The molecule has 0 spiro atoms. The number of urea groups is 1.